The molecule has 0 saturated carbocycles. The first kappa shape index (κ1) is 16.2. The summed E-state index contributed by atoms with van der Waals surface area (Å²) in [6.07, 6.45) is 0. The number of nitrogens with zero attached hydrogens (tertiary/aromatic N) is 2. The van der Waals surface area contributed by atoms with Crippen LogP contribution >= 0.6 is 27.5 Å². The Morgan fingerprint density at radius 3 is 2.52 bits per heavy atom. The van der Waals surface area contributed by atoms with E-state index in [2.05, 4.69) is 33.2 Å². The number of hydrogen-bond acceptors (Lipinski definition) is 3. The number of aromatic nitrogens is 2. The van der Waals surface area contributed by atoms with Crippen LogP contribution in [0.3, 0.4) is 0 Å². The van der Waals surface area contributed by atoms with Gasteiger partial charge in [-0.2, -0.15) is 0 Å². The molecule has 0 aliphatic rings. The van der Waals surface area contributed by atoms with Crippen LogP contribution in [0.25, 0.3) is 11.5 Å². The Morgan fingerprint density at radius 1 is 1.04 bits per heavy atom. The molecular weight excluding hydrogens is 378 g/mol. The van der Waals surface area contributed by atoms with Crippen molar-refractivity contribution in [3.8, 4) is 11.5 Å². The van der Waals surface area contributed by atoms with Gasteiger partial charge >= 0.3 is 0 Å². The van der Waals surface area contributed by atoms with Gasteiger partial charge in [0.25, 0.3) is 5.89 Å². The van der Waals surface area contributed by atoms with Crippen LogP contribution in [0.5, 0.6) is 0 Å². The largest absolute Gasteiger partial charge is 0.415 e. The zero-order chi connectivity index (χ0) is 16.2. The SMILES string of the molecule is C[NH+](Cc1ccc(Cl)cc1)Cc1nnc(-c2ccccc2Br)o1. The lowest BCUT2D eigenvalue weighted by Crippen LogP contribution is -3.06. The van der Waals surface area contributed by atoms with Gasteiger partial charge < -0.3 is 9.32 Å². The second kappa shape index (κ2) is 7.25. The van der Waals surface area contributed by atoms with Crippen molar-refractivity contribution in [2.24, 2.45) is 0 Å². The molecule has 0 amide bonds. The lowest BCUT2D eigenvalue weighted by atomic mass is 10.2. The summed E-state index contributed by atoms with van der Waals surface area (Å²) in [5, 5.41) is 9.04. The summed E-state index contributed by atoms with van der Waals surface area (Å²) in [5.41, 5.74) is 2.12. The quantitative estimate of drug-likeness (QED) is 0.723. The first-order valence-electron chi connectivity index (χ1n) is 7.25. The molecule has 2 aromatic carbocycles. The molecule has 1 heterocycles. The van der Waals surface area contributed by atoms with Gasteiger partial charge in [-0.15, -0.1) is 10.2 Å². The van der Waals surface area contributed by atoms with Crippen LogP contribution < -0.4 is 4.90 Å². The Hall–Kier alpha value is -1.69. The summed E-state index contributed by atoms with van der Waals surface area (Å²) in [6, 6.07) is 15.7. The van der Waals surface area contributed by atoms with Crippen molar-refractivity contribution in [1.82, 2.24) is 10.2 Å². The average molecular weight is 394 g/mol. The van der Waals surface area contributed by atoms with Crippen LogP contribution in [-0.4, -0.2) is 17.2 Å². The van der Waals surface area contributed by atoms with E-state index in [1.54, 1.807) is 0 Å². The van der Waals surface area contributed by atoms with Crippen LogP contribution in [0.1, 0.15) is 11.5 Å². The maximum absolute atomic E-state index is 5.91. The number of halogens is 2. The molecule has 23 heavy (non-hydrogen) atoms. The monoisotopic (exact) mass is 392 g/mol. The molecule has 118 valence electrons. The third-order valence-electron chi connectivity index (χ3n) is 3.44. The fourth-order valence-corrected chi connectivity index (χ4v) is 2.92. The van der Waals surface area contributed by atoms with E-state index >= 15 is 0 Å². The van der Waals surface area contributed by atoms with Crippen molar-refractivity contribution < 1.29 is 9.32 Å². The second-order valence-corrected chi connectivity index (χ2v) is 6.71. The van der Waals surface area contributed by atoms with E-state index in [9.17, 15) is 0 Å². The van der Waals surface area contributed by atoms with Crippen LogP contribution in [0.4, 0.5) is 0 Å². The summed E-state index contributed by atoms with van der Waals surface area (Å²) in [6.45, 7) is 1.53. The van der Waals surface area contributed by atoms with Crippen LogP contribution in [0, 0.1) is 0 Å². The molecule has 1 N–H and O–H groups in total. The molecule has 0 spiro atoms. The van der Waals surface area contributed by atoms with Gasteiger partial charge in [-0.05, 0) is 40.2 Å². The summed E-state index contributed by atoms with van der Waals surface area (Å²) < 4.78 is 6.73. The first-order chi connectivity index (χ1) is 11.1. The maximum atomic E-state index is 5.91. The summed E-state index contributed by atoms with van der Waals surface area (Å²) in [7, 11) is 2.09. The van der Waals surface area contributed by atoms with Crippen molar-refractivity contribution in [3.63, 3.8) is 0 Å². The summed E-state index contributed by atoms with van der Waals surface area (Å²) in [4.78, 5) is 1.26. The standard InChI is InChI=1S/C17H15BrClN3O/c1-22(10-12-6-8-13(19)9-7-12)11-16-20-21-17(23-16)14-4-2-3-5-15(14)18/h2-9H,10-11H2,1H3/p+1. The third kappa shape index (κ3) is 4.19. The topological polar surface area (TPSA) is 43.4 Å². The molecule has 0 radical (unpaired) electrons. The van der Waals surface area contributed by atoms with E-state index in [4.69, 9.17) is 16.0 Å². The van der Waals surface area contributed by atoms with Gasteiger partial charge in [0.1, 0.15) is 6.54 Å². The van der Waals surface area contributed by atoms with Crippen LogP contribution in [0.15, 0.2) is 57.4 Å². The van der Waals surface area contributed by atoms with Crippen molar-refractivity contribution in [2.45, 2.75) is 13.1 Å². The van der Waals surface area contributed by atoms with Gasteiger partial charge in [-0.25, -0.2) is 0 Å². The zero-order valence-corrected chi connectivity index (χ0v) is 14.9. The van der Waals surface area contributed by atoms with E-state index in [1.165, 1.54) is 10.5 Å². The minimum atomic E-state index is 0.534. The minimum absolute atomic E-state index is 0.534. The van der Waals surface area contributed by atoms with Crippen LogP contribution in [-0.2, 0) is 13.1 Å². The number of quaternary nitrogens is 1. The maximum Gasteiger partial charge on any atom is 0.271 e. The highest BCUT2D eigenvalue weighted by Crippen LogP contribution is 2.26. The normalized spacial score (nSPS) is 12.3. The van der Waals surface area contributed by atoms with E-state index in [-0.39, 0.29) is 0 Å². The minimum Gasteiger partial charge on any atom is -0.415 e. The molecule has 0 fully saturated rings. The van der Waals surface area contributed by atoms with Crippen molar-refractivity contribution in [1.29, 1.82) is 0 Å². The zero-order valence-electron chi connectivity index (χ0n) is 12.6. The van der Waals surface area contributed by atoms with E-state index in [0.717, 1.165) is 21.6 Å². The first-order valence-corrected chi connectivity index (χ1v) is 8.42. The van der Waals surface area contributed by atoms with Gasteiger partial charge in [0.2, 0.25) is 5.89 Å². The number of hydrogen-bond donors (Lipinski definition) is 1. The molecule has 1 atom stereocenters. The number of nitrogens with one attached hydrogen (secondary N) is 1. The van der Waals surface area contributed by atoms with Crippen LogP contribution in [0.2, 0.25) is 5.02 Å². The van der Waals surface area contributed by atoms with Gasteiger partial charge in [0.15, 0.2) is 6.54 Å². The lowest BCUT2D eigenvalue weighted by molar-refractivity contribution is -0.909. The van der Waals surface area contributed by atoms with E-state index in [1.807, 2.05) is 48.5 Å². The molecular formula is C17H16BrClN3O+. The van der Waals surface area contributed by atoms with Crippen molar-refractivity contribution >= 4 is 27.5 Å². The fraction of sp³-hybridized carbons (Fsp3) is 0.176. The van der Waals surface area contributed by atoms with Crippen molar-refractivity contribution in [3.05, 3.63) is 69.5 Å². The molecule has 0 saturated heterocycles. The Labute approximate surface area is 148 Å². The van der Waals surface area contributed by atoms with Gasteiger partial charge in [-0.1, -0.05) is 35.9 Å². The number of benzene rings is 2. The molecule has 0 aliphatic carbocycles. The highest BCUT2D eigenvalue weighted by atomic mass is 79.9. The predicted octanol–water partition coefficient (Wildman–Crippen LogP) is 3.37. The molecule has 1 aromatic heterocycles. The molecule has 0 bridgehead atoms. The lowest BCUT2D eigenvalue weighted by Gasteiger charge is -2.11. The molecule has 3 rings (SSSR count). The Balaban J connectivity index is 1.67. The molecule has 0 aliphatic heterocycles. The van der Waals surface area contributed by atoms with E-state index < -0.39 is 0 Å². The van der Waals surface area contributed by atoms with Gasteiger partial charge in [0.05, 0.1) is 12.6 Å². The predicted molar refractivity (Wildman–Crippen MR) is 93.2 cm³/mol. The Bertz CT molecular complexity index is 789. The van der Waals surface area contributed by atoms with Crippen molar-refractivity contribution in [2.75, 3.05) is 7.05 Å². The second-order valence-electron chi connectivity index (χ2n) is 5.42. The smallest absolute Gasteiger partial charge is 0.271 e. The summed E-state index contributed by atoms with van der Waals surface area (Å²) in [5.74, 6) is 1.16. The molecule has 3 aromatic rings. The molecule has 4 nitrogen and oxygen atoms in total. The number of rotatable bonds is 5. The van der Waals surface area contributed by atoms with E-state index in [0.29, 0.717) is 18.3 Å². The highest BCUT2D eigenvalue weighted by Gasteiger charge is 2.14. The van der Waals surface area contributed by atoms with Gasteiger partial charge in [-0.3, -0.25) is 0 Å². The Morgan fingerprint density at radius 2 is 1.78 bits per heavy atom. The Kier molecular flexibility index (Phi) is 5.10. The van der Waals surface area contributed by atoms with Gasteiger partial charge in [0, 0.05) is 15.1 Å². The molecule has 6 heteroatoms. The third-order valence-corrected chi connectivity index (χ3v) is 4.39. The average Bonchev–Trinajstić information content (AvgIpc) is 2.98. The molecule has 1 unspecified atom stereocenters. The summed E-state index contributed by atoms with van der Waals surface area (Å²) >= 11 is 9.41. The highest BCUT2D eigenvalue weighted by molar-refractivity contribution is 9.10. The fourth-order valence-electron chi connectivity index (χ4n) is 2.34.